The van der Waals surface area contributed by atoms with Crippen molar-refractivity contribution in [2.75, 3.05) is 11.9 Å². The molecular formula is C29H19BrClN3O4S. The molecule has 39 heavy (non-hydrogen) atoms. The first-order valence-corrected chi connectivity index (χ1v) is 14.0. The van der Waals surface area contributed by atoms with E-state index in [2.05, 4.69) is 21.2 Å². The molecule has 0 spiro atoms. The van der Waals surface area contributed by atoms with Crippen LogP contribution in [0.4, 0.5) is 5.69 Å². The molecule has 7 nitrogen and oxygen atoms in total. The van der Waals surface area contributed by atoms with Gasteiger partial charge in [-0.2, -0.15) is 0 Å². The molecule has 194 valence electrons. The Kier molecular flexibility index (Phi) is 6.58. The predicted molar refractivity (Wildman–Crippen MR) is 154 cm³/mol. The molecule has 3 heterocycles. The minimum Gasteiger partial charge on any atom is -0.463 e. The molecule has 0 bridgehead atoms. The maximum absolute atomic E-state index is 14.2. The number of nitrogens with zero attached hydrogens (tertiary/aromatic N) is 2. The number of carbonyl (C=O) groups excluding carboxylic acids is 2. The molecular weight excluding hydrogens is 602 g/mol. The Hall–Kier alpha value is -3.79. The van der Waals surface area contributed by atoms with Gasteiger partial charge in [0.2, 0.25) is 0 Å². The number of carbonyl (C=O) groups is 2. The predicted octanol–water partition coefficient (Wildman–Crippen LogP) is 4.67. The van der Waals surface area contributed by atoms with Crippen LogP contribution < -0.4 is 20.2 Å². The van der Waals surface area contributed by atoms with E-state index in [-0.39, 0.29) is 28.2 Å². The summed E-state index contributed by atoms with van der Waals surface area (Å²) in [6.07, 6.45) is 0. The molecule has 0 saturated heterocycles. The number of nitrogens with one attached hydrogen (secondary N) is 1. The molecule has 1 atom stereocenters. The van der Waals surface area contributed by atoms with Gasteiger partial charge >= 0.3 is 5.97 Å². The van der Waals surface area contributed by atoms with Gasteiger partial charge in [-0.1, -0.05) is 81.3 Å². The van der Waals surface area contributed by atoms with Crippen LogP contribution in [0.3, 0.4) is 0 Å². The van der Waals surface area contributed by atoms with Crippen LogP contribution >= 0.6 is 38.9 Å². The summed E-state index contributed by atoms with van der Waals surface area (Å²) in [7, 11) is 0. The molecule has 3 aromatic carbocycles. The van der Waals surface area contributed by atoms with Crippen molar-refractivity contribution < 1.29 is 14.3 Å². The number of thiazole rings is 1. The topological polar surface area (TPSA) is 89.8 Å². The van der Waals surface area contributed by atoms with Gasteiger partial charge in [0.15, 0.2) is 4.80 Å². The Labute approximate surface area is 239 Å². The number of hydrogen-bond donors (Lipinski definition) is 1. The molecule has 0 unspecified atom stereocenters. The van der Waals surface area contributed by atoms with Crippen LogP contribution in [0.15, 0.2) is 92.6 Å². The molecule has 6 rings (SSSR count). The first kappa shape index (κ1) is 25.5. The molecule has 0 radical (unpaired) electrons. The molecule has 0 fully saturated rings. The zero-order valence-electron chi connectivity index (χ0n) is 20.4. The molecule has 1 aromatic heterocycles. The second-order valence-electron chi connectivity index (χ2n) is 8.82. The molecule has 0 saturated carbocycles. The molecule has 2 aliphatic heterocycles. The van der Waals surface area contributed by atoms with Crippen molar-refractivity contribution in [3.63, 3.8) is 0 Å². The van der Waals surface area contributed by atoms with Crippen molar-refractivity contribution >= 4 is 67.7 Å². The third-order valence-corrected chi connectivity index (χ3v) is 8.29. The van der Waals surface area contributed by atoms with Gasteiger partial charge in [-0.3, -0.25) is 14.2 Å². The maximum atomic E-state index is 14.2. The van der Waals surface area contributed by atoms with Crippen LogP contribution in [-0.2, 0) is 14.3 Å². The minimum atomic E-state index is -0.853. The summed E-state index contributed by atoms with van der Waals surface area (Å²) < 4.78 is 7.96. The molecule has 4 aromatic rings. The lowest BCUT2D eigenvalue weighted by molar-refractivity contribution is -0.138. The first-order chi connectivity index (χ1) is 18.9. The summed E-state index contributed by atoms with van der Waals surface area (Å²) in [6.45, 7) is 1.88. The first-order valence-electron chi connectivity index (χ1n) is 12.0. The number of rotatable bonds is 4. The van der Waals surface area contributed by atoms with E-state index in [1.54, 1.807) is 43.3 Å². The number of benzene rings is 3. The van der Waals surface area contributed by atoms with Gasteiger partial charge in [0.25, 0.3) is 11.5 Å². The van der Waals surface area contributed by atoms with E-state index in [4.69, 9.17) is 21.3 Å². The van der Waals surface area contributed by atoms with Gasteiger partial charge in [0, 0.05) is 26.3 Å². The van der Waals surface area contributed by atoms with Crippen molar-refractivity contribution in [3.8, 4) is 0 Å². The van der Waals surface area contributed by atoms with Gasteiger partial charge in [0.1, 0.15) is 4.53 Å². The average molecular weight is 621 g/mol. The molecule has 2 aliphatic rings. The highest BCUT2D eigenvalue weighted by atomic mass is 79.9. The zero-order chi connectivity index (χ0) is 27.3. The fourth-order valence-corrected chi connectivity index (χ4v) is 6.40. The lowest BCUT2D eigenvalue weighted by Crippen LogP contribution is -2.40. The fourth-order valence-electron chi connectivity index (χ4n) is 4.82. The van der Waals surface area contributed by atoms with Crippen LogP contribution in [0.25, 0.3) is 11.3 Å². The average Bonchev–Trinajstić information content (AvgIpc) is 3.43. The number of fused-ring (bicyclic) bond motifs is 2. The highest BCUT2D eigenvalue weighted by molar-refractivity contribution is 9.10. The second-order valence-corrected chi connectivity index (χ2v) is 11.2. The molecule has 10 heteroatoms. The van der Waals surface area contributed by atoms with Gasteiger partial charge in [0.05, 0.1) is 29.5 Å². The van der Waals surface area contributed by atoms with Crippen molar-refractivity contribution in [2.24, 2.45) is 4.99 Å². The Morgan fingerprint density at radius 3 is 2.56 bits per heavy atom. The van der Waals surface area contributed by atoms with Crippen LogP contribution in [0.2, 0.25) is 5.02 Å². The van der Waals surface area contributed by atoms with E-state index < -0.39 is 17.6 Å². The Morgan fingerprint density at radius 2 is 1.85 bits per heavy atom. The van der Waals surface area contributed by atoms with Crippen molar-refractivity contribution in [2.45, 2.75) is 13.0 Å². The summed E-state index contributed by atoms with van der Waals surface area (Å²) in [5.74, 6) is -0.949. The number of esters is 1. The Bertz CT molecular complexity index is 1880. The maximum Gasteiger partial charge on any atom is 0.338 e. The summed E-state index contributed by atoms with van der Waals surface area (Å²) in [5.41, 5.74) is 3.08. The van der Waals surface area contributed by atoms with Crippen LogP contribution in [0, 0.1) is 0 Å². The standard InChI is InChI=1S/C29H19BrClN3O4S/c1-2-38-28(37)22-23(15-6-4-3-5-7-15)33-29-34(24(22)16-8-11-18(31)12-9-16)27(36)25(39-29)21-19-14-17(30)10-13-20(19)32-26(21)35/h3-14,24H,2H2,1H3,(H,32,35)/b25-21-/t24-/m0/s1. The number of amides is 1. The molecule has 0 aliphatic carbocycles. The summed E-state index contributed by atoms with van der Waals surface area (Å²) in [6, 6.07) is 20.8. The van der Waals surface area contributed by atoms with Crippen LogP contribution in [0.5, 0.6) is 0 Å². The Morgan fingerprint density at radius 1 is 1.10 bits per heavy atom. The van der Waals surface area contributed by atoms with Gasteiger partial charge in [-0.25, -0.2) is 9.79 Å². The molecule has 1 amide bonds. The van der Waals surface area contributed by atoms with Crippen LogP contribution in [-0.4, -0.2) is 23.1 Å². The third-order valence-electron chi connectivity index (χ3n) is 6.49. The lowest BCUT2D eigenvalue weighted by Gasteiger charge is -2.26. The number of aromatic nitrogens is 1. The highest BCUT2D eigenvalue weighted by Crippen LogP contribution is 2.36. The minimum absolute atomic E-state index is 0.151. The van der Waals surface area contributed by atoms with E-state index in [1.165, 1.54) is 4.57 Å². The number of halogens is 2. The van der Waals surface area contributed by atoms with E-state index in [1.807, 2.05) is 36.4 Å². The van der Waals surface area contributed by atoms with E-state index in [0.717, 1.165) is 15.8 Å². The summed E-state index contributed by atoms with van der Waals surface area (Å²) in [4.78, 5) is 46.0. The van der Waals surface area contributed by atoms with Crippen molar-refractivity contribution in [1.29, 1.82) is 0 Å². The second kappa shape index (κ2) is 10.1. The fraction of sp³-hybridized carbons (Fsp3) is 0.103. The van der Waals surface area contributed by atoms with Crippen molar-refractivity contribution in [1.82, 2.24) is 4.57 Å². The SMILES string of the molecule is CCOC(=O)C1=C(c2ccccc2)N=c2s/c(=C3\C(=O)Nc4ccc(Br)cc43)c(=O)n2[C@H]1c1ccc(Cl)cc1. The van der Waals surface area contributed by atoms with Gasteiger partial charge < -0.3 is 10.1 Å². The van der Waals surface area contributed by atoms with E-state index in [0.29, 0.717) is 37.9 Å². The number of hydrogen-bond acceptors (Lipinski definition) is 6. The van der Waals surface area contributed by atoms with Gasteiger partial charge in [-0.15, -0.1) is 0 Å². The normalized spacial score (nSPS) is 17.3. The van der Waals surface area contributed by atoms with E-state index >= 15 is 0 Å². The van der Waals surface area contributed by atoms with Crippen molar-refractivity contribution in [3.05, 3.63) is 124 Å². The van der Waals surface area contributed by atoms with Crippen LogP contribution in [0.1, 0.15) is 29.7 Å². The highest BCUT2D eigenvalue weighted by Gasteiger charge is 2.36. The van der Waals surface area contributed by atoms with Gasteiger partial charge in [-0.05, 0) is 42.8 Å². The largest absolute Gasteiger partial charge is 0.463 e. The lowest BCUT2D eigenvalue weighted by atomic mass is 9.93. The Balaban J connectivity index is 1.72. The summed E-state index contributed by atoms with van der Waals surface area (Å²) >= 11 is 10.8. The number of anilines is 1. The quantitative estimate of drug-likeness (QED) is 0.336. The third kappa shape index (κ3) is 4.36. The summed E-state index contributed by atoms with van der Waals surface area (Å²) in [5, 5.41) is 3.36. The number of ether oxygens (including phenoxy) is 1. The van der Waals surface area contributed by atoms with E-state index in [9.17, 15) is 14.4 Å². The molecule has 1 N–H and O–H groups in total. The monoisotopic (exact) mass is 619 g/mol. The smallest absolute Gasteiger partial charge is 0.338 e. The zero-order valence-corrected chi connectivity index (χ0v) is 23.6.